The van der Waals surface area contributed by atoms with Gasteiger partial charge in [-0.15, -0.1) is 0 Å². The fourth-order valence-electron chi connectivity index (χ4n) is 2.96. The summed E-state index contributed by atoms with van der Waals surface area (Å²) in [6.45, 7) is 3.13. The molecule has 2 aromatic rings. The first-order valence-corrected chi connectivity index (χ1v) is 10.5. The molecule has 1 aliphatic heterocycles. The maximum atomic E-state index is 12.9. The number of rotatable bonds is 4. The van der Waals surface area contributed by atoms with E-state index in [2.05, 4.69) is 5.32 Å². The highest BCUT2D eigenvalue weighted by Crippen LogP contribution is 2.30. The number of piperazine rings is 1. The molecule has 0 saturated carbocycles. The van der Waals surface area contributed by atoms with Gasteiger partial charge in [0.15, 0.2) is 0 Å². The topological polar surface area (TPSA) is 69.7 Å². The number of hydrogen-bond donors (Lipinski definition) is 1. The normalized spacial score (nSPS) is 15.6. The summed E-state index contributed by atoms with van der Waals surface area (Å²) in [5.74, 6) is -0.207. The molecule has 1 heterocycles. The predicted molar refractivity (Wildman–Crippen MR) is 108 cm³/mol. The second-order valence-corrected chi connectivity index (χ2v) is 8.97. The molecule has 144 valence electrons. The molecule has 0 spiro atoms. The van der Waals surface area contributed by atoms with E-state index >= 15 is 0 Å². The van der Waals surface area contributed by atoms with E-state index < -0.39 is 10.0 Å². The van der Waals surface area contributed by atoms with Crippen molar-refractivity contribution >= 4 is 50.5 Å². The van der Waals surface area contributed by atoms with E-state index in [1.165, 1.54) is 23.4 Å². The predicted octanol–water partition coefficient (Wildman–Crippen LogP) is 3.46. The Kier molecular flexibility index (Phi) is 5.95. The summed E-state index contributed by atoms with van der Waals surface area (Å²) in [7, 11) is -3.60. The van der Waals surface area contributed by atoms with Crippen LogP contribution in [-0.2, 0) is 14.8 Å². The van der Waals surface area contributed by atoms with Crippen molar-refractivity contribution in [1.82, 2.24) is 4.31 Å². The van der Waals surface area contributed by atoms with Crippen molar-refractivity contribution in [2.45, 2.75) is 11.8 Å². The first-order chi connectivity index (χ1) is 12.8. The lowest BCUT2D eigenvalue weighted by molar-refractivity contribution is -0.114. The molecule has 1 fully saturated rings. The monoisotopic (exact) mass is 427 g/mol. The highest BCUT2D eigenvalue weighted by molar-refractivity contribution is 7.89. The number of carbonyl (C=O) groups excluding carboxylic acids is 1. The lowest BCUT2D eigenvalue weighted by atomic mass is 10.2. The molecule has 6 nitrogen and oxygen atoms in total. The summed E-state index contributed by atoms with van der Waals surface area (Å²) in [5, 5.41) is 3.79. The first kappa shape index (κ1) is 19.9. The minimum atomic E-state index is -3.60. The van der Waals surface area contributed by atoms with Gasteiger partial charge in [-0.1, -0.05) is 23.2 Å². The molecule has 2 aromatic carbocycles. The van der Waals surface area contributed by atoms with E-state index in [-0.39, 0.29) is 10.8 Å². The molecule has 1 aliphatic rings. The molecule has 9 heteroatoms. The molecule has 0 radical (unpaired) electrons. The Morgan fingerprint density at radius 2 is 1.63 bits per heavy atom. The van der Waals surface area contributed by atoms with Gasteiger partial charge in [0, 0.05) is 43.8 Å². The average Bonchev–Trinajstić information content (AvgIpc) is 2.64. The van der Waals surface area contributed by atoms with Crippen molar-refractivity contribution in [3.8, 4) is 0 Å². The van der Waals surface area contributed by atoms with Crippen LogP contribution < -0.4 is 10.2 Å². The van der Waals surface area contributed by atoms with E-state index in [1.807, 2.05) is 4.90 Å². The minimum absolute atomic E-state index is 0.200. The molecule has 1 saturated heterocycles. The van der Waals surface area contributed by atoms with E-state index in [1.54, 1.807) is 30.3 Å². The fraction of sp³-hybridized carbons (Fsp3) is 0.278. The van der Waals surface area contributed by atoms with Gasteiger partial charge in [0.25, 0.3) is 0 Å². The zero-order valence-electron chi connectivity index (χ0n) is 14.7. The van der Waals surface area contributed by atoms with Crippen molar-refractivity contribution < 1.29 is 13.2 Å². The lowest BCUT2D eigenvalue weighted by Gasteiger charge is -2.35. The van der Waals surface area contributed by atoms with Crippen LogP contribution in [0.25, 0.3) is 0 Å². The van der Waals surface area contributed by atoms with Gasteiger partial charge in [-0.3, -0.25) is 4.79 Å². The Bertz CT molecular complexity index is 941. The quantitative estimate of drug-likeness (QED) is 0.810. The number of anilines is 2. The number of amides is 1. The van der Waals surface area contributed by atoms with E-state index in [0.29, 0.717) is 41.9 Å². The Morgan fingerprint density at radius 1 is 1.00 bits per heavy atom. The van der Waals surface area contributed by atoms with Gasteiger partial charge in [-0.25, -0.2) is 8.42 Å². The van der Waals surface area contributed by atoms with Crippen LogP contribution in [0.1, 0.15) is 6.92 Å². The maximum absolute atomic E-state index is 12.9. The van der Waals surface area contributed by atoms with Crippen LogP contribution >= 0.6 is 23.2 Å². The summed E-state index contributed by atoms with van der Waals surface area (Å²) in [6, 6.07) is 11.4. The number of nitrogens with one attached hydrogen (secondary N) is 1. The summed E-state index contributed by atoms with van der Waals surface area (Å²) in [5.41, 5.74) is 1.36. The molecular formula is C18H19Cl2N3O3S. The van der Waals surface area contributed by atoms with Crippen LogP contribution in [0.4, 0.5) is 11.4 Å². The van der Waals surface area contributed by atoms with Crippen LogP contribution in [-0.4, -0.2) is 44.8 Å². The Balaban J connectivity index is 1.71. The SMILES string of the molecule is CC(=O)Nc1ccc(S(=O)(=O)N2CCN(c3cc(Cl)ccc3Cl)CC2)cc1. The van der Waals surface area contributed by atoms with Gasteiger partial charge in [0.1, 0.15) is 0 Å². The molecule has 0 atom stereocenters. The zero-order valence-corrected chi connectivity index (χ0v) is 17.0. The van der Waals surface area contributed by atoms with Gasteiger partial charge in [-0.05, 0) is 42.5 Å². The summed E-state index contributed by atoms with van der Waals surface area (Å²) >= 11 is 12.3. The van der Waals surface area contributed by atoms with Gasteiger partial charge in [0.05, 0.1) is 15.6 Å². The summed E-state index contributed by atoms with van der Waals surface area (Å²) < 4.78 is 27.2. The molecular weight excluding hydrogens is 409 g/mol. The number of hydrogen-bond acceptors (Lipinski definition) is 4. The van der Waals surface area contributed by atoms with Gasteiger partial charge in [-0.2, -0.15) is 4.31 Å². The molecule has 0 aromatic heterocycles. The van der Waals surface area contributed by atoms with Crippen molar-refractivity contribution in [2.24, 2.45) is 0 Å². The number of carbonyl (C=O) groups is 1. The van der Waals surface area contributed by atoms with Crippen LogP contribution in [0, 0.1) is 0 Å². The molecule has 0 bridgehead atoms. The van der Waals surface area contributed by atoms with Crippen molar-refractivity contribution in [3.05, 3.63) is 52.5 Å². The minimum Gasteiger partial charge on any atom is -0.368 e. The van der Waals surface area contributed by atoms with Gasteiger partial charge < -0.3 is 10.2 Å². The molecule has 3 rings (SSSR count). The number of nitrogens with zero attached hydrogens (tertiary/aromatic N) is 2. The van der Waals surface area contributed by atoms with Gasteiger partial charge >= 0.3 is 0 Å². The average molecular weight is 428 g/mol. The highest BCUT2D eigenvalue weighted by Gasteiger charge is 2.29. The second kappa shape index (κ2) is 8.06. The number of halogens is 2. The van der Waals surface area contributed by atoms with E-state index in [0.717, 1.165) is 5.69 Å². The van der Waals surface area contributed by atoms with Crippen molar-refractivity contribution in [1.29, 1.82) is 0 Å². The van der Waals surface area contributed by atoms with Gasteiger partial charge in [0.2, 0.25) is 15.9 Å². The molecule has 0 aliphatic carbocycles. The Labute approximate surface area is 168 Å². The van der Waals surface area contributed by atoms with Crippen molar-refractivity contribution in [2.75, 3.05) is 36.4 Å². The Morgan fingerprint density at radius 3 is 2.22 bits per heavy atom. The second-order valence-electron chi connectivity index (χ2n) is 6.19. The van der Waals surface area contributed by atoms with E-state index in [4.69, 9.17) is 23.2 Å². The third-order valence-electron chi connectivity index (χ3n) is 4.30. The van der Waals surface area contributed by atoms with Crippen LogP contribution in [0.5, 0.6) is 0 Å². The molecule has 1 amide bonds. The summed E-state index contributed by atoms with van der Waals surface area (Å²) in [4.78, 5) is 13.3. The third-order valence-corrected chi connectivity index (χ3v) is 6.77. The molecule has 1 N–H and O–H groups in total. The van der Waals surface area contributed by atoms with Crippen molar-refractivity contribution in [3.63, 3.8) is 0 Å². The van der Waals surface area contributed by atoms with Crippen LogP contribution in [0.3, 0.4) is 0 Å². The third kappa shape index (κ3) is 4.55. The highest BCUT2D eigenvalue weighted by atomic mass is 35.5. The fourth-order valence-corrected chi connectivity index (χ4v) is 4.79. The molecule has 27 heavy (non-hydrogen) atoms. The zero-order chi connectivity index (χ0) is 19.6. The maximum Gasteiger partial charge on any atom is 0.243 e. The van der Waals surface area contributed by atoms with E-state index in [9.17, 15) is 13.2 Å². The number of benzene rings is 2. The van der Waals surface area contributed by atoms with Crippen LogP contribution in [0.15, 0.2) is 47.4 Å². The standard InChI is InChI=1S/C18H19Cl2N3O3S/c1-13(24)21-15-3-5-16(6-4-15)27(25,26)23-10-8-22(9-11-23)18-12-14(19)2-7-17(18)20/h2-7,12H,8-11H2,1H3,(H,21,24). The lowest BCUT2D eigenvalue weighted by Crippen LogP contribution is -2.48. The largest absolute Gasteiger partial charge is 0.368 e. The van der Waals surface area contributed by atoms with Crippen LogP contribution in [0.2, 0.25) is 10.0 Å². The summed E-state index contributed by atoms with van der Waals surface area (Å²) in [6.07, 6.45) is 0. The smallest absolute Gasteiger partial charge is 0.243 e. The Hall–Kier alpha value is -1.80. The first-order valence-electron chi connectivity index (χ1n) is 8.35. The number of sulfonamides is 1. The molecule has 0 unspecified atom stereocenters.